The molecule has 1 heterocycles. The summed E-state index contributed by atoms with van der Waals surface area (Å²) in [6.07, 6.45) is 3.35. The molecular formula is C13H18N2O4. The summed E-state index contributed by atoms with van der Waals surface area (Å²) in [5.41, 5.74) is 0. The zero-order valence-corrected chi connectivity index (χ0v) is 11.1. The number of pyridine rings is 1. The highest BCUT2D eigenvalue weighted by Crippen LogP contribution is 2.08. The summed E-state index contributed by atoms with van der Waals surface area (Å²) < 4.78 is 5.36. The van der Waals surface area contributed by atoms with Gasteiger partial charge in [0.15, 0.2) is 0 Å². The van der Waals surface area contributed by atoms with E-state index in [2.05, 4.69) is 4.98 Å². The molecule has 0 aliphatic rings. The Morgan fingerprint density at radius 2 is 2.26 bits per heavy atom. The lowest BCUT2D eigenvalue weighted by atomic mass is 10.2. The van der Waals surface area contributed by atoms with Crippen LogP contribution in [0.2, 0.25) is 0 Å². The minimum Gasteiger partial charge on any atom is -0.491 e. The number of carboxylic acids is 1. The molecule has 0 saturated heterocycles. The van der Waals surface area contributed by atoms with E-state index in [1.54, 1.807) is 38.5 Å². The van der Waals surface area contributed by atoms with Gasteiger partial charge in [0.2, 0.25) is 5.91 Å². The Morgan fingerprint density at radius 3 is 2.84 bits per heavy atom. The molecule has 6 nitrogen and oxygen atoms in total. The molecule has 1 aromatic heterocycles. The molecule has 0 fully saturated rings. The van der Waals surface area contributed by atoms with Crippen LogP contribution in [0.4, 0.5) is 0 Å². The van der Waals surface area contributed by atoms with Crippen molar-refractivity contribution in [3.05, 3.63) is 24.5 Å². The van der Waals surface area contributed by atoms with Gasteiger partial charge in [-0.15, -0.1) is 0 Å². The van der Waals surface area contributed by atoms with Crippen LogP contribution < -0.4 is 4.74 Å². The van der Waals surface area contributed by atoms with Gasteiger partial charge < -0.3 is 14.7 Å². The number of hydrogen-bond donors (Lipinski definition) is 1. The Bertz CT molecular complexity index is 422. The lowest BCUT2D eigenvalue weighted by molar-refractivity contribution is -0.140. The first kappa shape index (κ1) is 14.9. The van der Waals surface area contributed by atoms with Gasteiger partial charge in [0.05, 0.1) is 25.6 Å². The van der Waals surface area contributed by atoms with Crippen LogP contribution in [0.15, 0.2) is 24.5 Å². The van der Waals surface area contributed by atoms with E-state index < -0.39 is 5.97 Å². The van der Waals surface area contributed by atoms with Crippen molar-refractivity contribution in [2.75, 3.05) is 13.7 Å². The first-order valence-corrected chi connectivity index (χ1v) is 6.01. The Hall–Kier alpha value is -2.11. The molecule has 1 unspecified atom stereocenters. The van der Waals surface area contributed by atoms with Crippen LogP contribution in [-0.2, 0) is 9.59 Å². The van der Waals surface area contributed by atoms with Gasteiger partial charge in [-0.2, -0.15) is 0 Å². The van der Waals surface area contributed by atoms with Crippen molar-refractivity contribution in [3.8, 4) is 5.75 Å². The highest BCUT2D eigenvalue weighted by molar-refractivity contribution is 5.77. The van der Waals surface area contributed by atoms with Gasteiger partial charge in [-0.05, 0) is 19.1 Å². The van der Waals surface area contributed by atoms with E-state index >= 15 is 0 Å². The second-order valence-electron chi connectivity index (χ2n) is 4.24. The largest absolute Gasteiger partial charge is 0.491 e. The zero-order valence-electron chi connectivity index (χ0n) is 11.1. The molecule has 0 aliphatic heterocycles. The molecule has 1 rings (SSSR count). The highest BCUT2D eigenvalue weighted by Gasteiger charge is 2.17. The van der Waals surface area contributed by atoms with Gasteiger partial charge in [0.1, 0.15) is 5.75 Å². The predicted octanol–water partition coefficient (Wildman–Crippen LogP) is 1.17. The van der Waals surface area contributed by atoms with Crippen LogP contribution >= 0.6 is 0 Å². The number of rotatable bonds is 7. The number of carboxylic acid groups (broad SMARTS) is 1. The molecule has 0 spiro atoms. The van der Waals surface area contributed by atoms with Gasteiger partial charge in [0, 0.05) is 19.3 Å². The number of carbonyl (C=O) groups is 2. The molecule has 1 atom stereocenters. The third-order valence-corrected chi connectivity index (χ3v) is 2.74. The van der Waals surface area contributed by atoms with Crippen molar-refractivity contribution >= 4 is 11.9 Å². The number of carbonyl (C=O) groups excluding carboxylic acids is 1. The average molecular weight is 266 g/mol. The van der Waals surface area contributed by atoms with E-state index in [1.165, 1.54) is 4.90 Å². The van der Waals surface area contributed by atoms with Crippen molar-refractivity contribution < 1.29 is 19.4 Å². The number of ether oxygens (including phenoxy) is 1. The first-order valence-electron chi connectivity index (χ1n) is 6.01. The summed E-state index contributed by atoms with van der Waals surface area (Å²) >= 11 is 0. The Labute approximate surface area is 112 Å². The first-order chi connectivity index (χ1) is 9.00. The van der Waals surface area contributed by atoms with Gasteiger partial charge in [-0.25, -0.2) is 0 Å². The van der Waals surface area contributed by atoms with Crippen molar-refractivity contribution in [1.82, 2.24) is 9.88 Å². The molecule has 0 aliphatic carbocycles. The third-order valence-electron chi connectivity index (χ3n) is 2.74. The van der Waals surface area contributed by atoms with Crippen LogP contribution in [0.1, 0.15) is 19.8 Å². The fourth-order valence-electron chi connectivity index (χ4n) is 1.50. The maximum absolute atomic E-state index is 11.8. The molecule has 1 aromatic rings. The molecule has 0 bridgehead atoms. The van der Waals surface area contributed by atoms with Gasteiger partial charge in [-0.1, -0.05) is 0 Å². The number of aromatic nitrogens is 1. The van der Waals surface area contributed by atoms with Crippen molar-refractivity contribution in [2.24, 2.45) is 0 Å². The minimum atomic E-state index is -0.918. The van der Waals surface area contributed by atoms with E-state index in [0.29, 0.717) is 5.75 Å². The molecule has 19 heavy (non-hydrogen) atoms. The lowest BCUT2D eigenvalue weighted by Crippen LogP contribution is -2.37. The number of hydrogen-bond acceptors (Lipinski definition) is 4. The van der Waals surface area contributed by atoms with Gasteiger partial charge in [0.25, 0.3) is 0 Å². The summed E-state index contributed by atoms with van der Waals surface area (Å²) in [4.78, 5) is 27.7. The number of amides is 1. The summed E-state index contributed by atoms with van der Waals surface area (Å²) in [6.45, 7) is 1.95. The van der Waals surface area contributed by atoms with Crippen molar-refractivity contribution in [1.29, 1.82) is 0 Å². The summed E-state index contributed by atoms with van der Waals surface area (Å²) in [5, 5.41) is 8.67. The quantitative estimate of drug-likeness (QED) is 0.801. The Balaban J connectivity index is 2.32. The Morgan fingerprint density at radius 1 is 1.53 bits per heavy atom. The summed E-state index contributed by atoms with van der Waals surface area (Å²) in [5.74, 6) is -0.451. The van der Waals surface area contributed by atoms with E-state index in [-0.39, 0.29) is 31.4 Å². The van der Waals surface area contributed by atoms with Crippen molar-refractivity contribution in [3.63, 3.8) is 0 Å². The average Bonchev–Trinajstić information content (AvgIpc) is 2.38. The smallest absolute Gasteiger partial charge is 0.305 e. The maximum atomic E-state index is 11.8. The normalized spacial score (nSPS) is 11.7. The number of aliphatic carboxylic acids is 1. The van der Waals surface area contributed by atoms with Gasteiger partial charge in [-0.3, -0.25) is 14.6 Å². The molecule has 1 N–H and O–H groups in total. The highest BCUT2D eigenvalue weighted by atomic mass is 16.5. The number of nitrogens with zero attached hydrogens (tertiary/aromatic N) is 2. The van der Waals surface area contributed by atoms with Crippen LogP contribution in [0.3, 0.4) is 0 Å². The second-order valence-corrected chi connectivity index (χ2v) is 4.24. The van der Waals surface area contributed by atoms with Crippen molar-refractivity contribution in [2.45, 2.75) is 25.8 Å². The van der Waals surface area contributed by atoms with E-state index in [1.807, 2.05) is 0 Å². The summed E-state index contributed by atoms with van der Waals surface area (Å²) in [7, 11) is 1.60. The second kappa shape index (κ2) is 7.35. The topological polar surface area (TPSA) is 79.7 Å². The van der Waals surface area contributed by atoms with Crippen LogP contribution in [0.25, 0.3) is 0 Å². The molecular weight excluding hydrogens is 248 g/mol. The van der Waals surface area contributed by atoms with Crippen LogP contribution in [0.5, 0.6) is 5.75 Å². The standard InChI is InChI=1S/C13H18N2O4/c1-10(8-13(17)18)15(2)12(16)5-7-19-11-4-3-6-14-9-11/h3-4,6,9-10H,5,7-8H2,1-2H3,(H,17,18). The molecule has 0 radical (unpaired) electrons. The fourth-order valence-corrected chi connectivity index (χ4v) is 1.50. The van der Waals surface area contributed by atoms with E-state index in [9.17, 15) is 9.59 Å². The van der Waals surface area contributed by atoms with Crippen LogP contribution in [-0.4, -0.2) is 46.6 Å². The SMILES string of the molecule is CC(CC(=O)O)N(C)C(=O)CCOc1cccnc1. The maximum Gasteiger partial charge on any atom is 0.305 e. The fraction of sp³-hybridized carbons (Fsp3) is 0.462. The monoisotopic (exact) mass is 266 g/mol. The van der Waals surface area contributed by atoms with E-state index in [0.717, 1.165) is 0 Å². The molecule has 104 valence electrons. The Kier molecular flexibility index (Phi) is 5.78. The predicted molar refractivity (Wildman–Crippen MR) is 68.8 cm³/mol. The molecule has 1 amide bonds. The van der Waals surface area contributed by atoms with Crippen LogP contribution in [0, 0.1) is 0 Å². The van der Waals surface area contributed by atoms with E-state index in [4.69, 9.17) is 9.84 Å². The summed E-state index contributed by atoms with van der Waals surface area (Å²) in [6, 6.07) is 3.18. The zero-order chi connectivity index (χ0) is 14.3. The molecule has 0 aromatic carbocycles. The molecule has 0 saturated carbocycles. The van der Waals surface area contributed by atoms with Gasteiger partial charge >= 0.3 is 5.97 Å². The molecule has 6 heteroatoms. The minimum absolute atomic E-state index is 0.0638. The lowest BCUT2D eigenvalue weighted by Gasteiger charge is -2.23. The third kappa shape index (κ3) is 5.37.